The normalized spacial score (nSPS) is 11.2. The van der Waals surface area contributed by atoms with Crippen LogP contribution in [-0.2, 0) is 4.79 Å². The van der Waals surface area contributed by atoms with E-state index < -0.39 is 11.5 Å². The number of halogens is 1. The van der Waals surface area contributed by atoms with Crippen LogP contribution in [0.3, 0.4) is 0 Å². The van der Waals surface area contributed by atoms with Gasteiger partial charge in [-0.15, -0.1) is 0 Å². The van der Waals surface area contributed by atoms with Gasteiger partial charge in [0.25, 0.3) is 0 Å². The first-order valence-electron chi connectivity index (χ1n) is 4.60. The molecule has 1 aromatic carbocycles. The molecule has 1 aromatic rings. The van der Waals surface area contributed by atoms with E-state index in [1.807, 2.05) is 0 Å². The average molecular weight is 211 g/mol. The molecule has 0 aliphatic rings. The van der Waals surface area contributed by atoms with Gasteiger partial charge in [0.2, 0.25) is 0 Å². The van der Waals surface area contributed by atoms with E-state index in [0.717, 1.165) is 0 Å². The first kappa shape index (κ1) is 11.5. The highest BCUT2D eigenvalue weighted by Gasteiger charge is 2.26. The van der Waals surface area contributed by atoms with E-state index in [9.17, 15) is 9.18 Å². The van der Waals surface area contributed by atoms with Crippen LogP contribution in [0.4, 0.5) is 10.1 Å². The number of anilines is 1. The minimum absolute atomic E-state index is 0.346. The number of nitrogens with one attached hydrogen (secondary N) is 1. The molecule has 0 heterocycles. The smallest absolute Gasteiger partial charge is 0.328 e. The van der Waals surface area contributed by atoms with Crippen molar-refractivity contribution in [1.29, 1.82) is 0 Å². The summed E-state index contributed by atoms with van der Waals surface area (Å²) in [5.74, 6) is -1.33. The quantitative estimate of drug-likeness (QED) is 0.807. The van der Waals surface area contributed by atoms with E-state index in [0.29, 0.717) is 11.3 Å². The summed E-state index contributed by atoms with van der Waals surface area (Å²) in [7, 11) is 0. The van der Waals surface area contributed by atoms with Crippen LogP contribution in [0.15, 0.2) is 18.2 Å². The van der Waals surface area contributed by atoms with Crippen LogP contribution in [0.25, 0.3) is 0 Å². The molecule has 0 aromatic heterocycles. The van der Waals surface area contributed by atoms with Crippen molar-refractivity contribution in [1.82, 2.24) is 0 Å². The molecule has 0 aliphatic carbocycles. The Labute approximate surface area is 87.9 Å². The lowest BCUT2D eigenvalue weighted by Gasteiger charge is -2.22. The molecule has 0 atom stereocenters. The molecule has 0 saturated heterocycles. The molecule has 0 aliphatic heterocycles. The van der Waals surface area contributed by atoms with Crippen LogP contribution in [0, 0.1) is 12.7 Å². The maximum atomic E-state index is 13.2. The minimum Gasteiger partial charge on any atom is -0.480 e. The van der Waals surface area contributed by atoms with E-state index in [-0.39, 0.29) is 5.82 Å². The van der Waals surface area contributed by atoms with Crippen LogP contribution < -0.4 is 5.32 Å². The number of carboxylic acids is 1. The van der Waals surface area contributed by atoms with Crippen LogP contribution in [0.1, 0.15) is 19.4 Å². The molecular weight excluding hydrogens is 197 g/mol. The summed E-state index contributed by atoms with van der Waals surface area (Å²) in [6.45, 7) is 4.70. The number of hydrogen-bond acceptors (Lipinski definition) is 2. The average Bonchev–Trinajstić information content (AvgIpc) is 2.10. The van der Waals surface area contributed by atoms with Crippen molar-refractivity contribution in [3.8, 4) is 0 Å². The lowest BCUT2D eigenvalue weighted by Crippen LogP contribution is -2.39. The highest BCUT2D eigenvalue weighted by atomic mass is 19.1. The zero-order chi connectivity index (χ0) is 11.6. The molecular formula is C11H14FNO2. The Morgan fingerprint density at radius 2 is 2.07 bits per heavy atom. The lowest BCUT2D eigenvalue weighted by molar-refractivity contribution is -0.141. The van der Waals surface area contributed by atoms with E-state index in [2.05, 4.69) is 5.32 Å². The third-order valence-electron chi connectivity index (χ3n) is 2.16. The Kier molecular flexibility index (Phi) is 2.98. The van der Waals surface area contributed by atoms with Crippen molar-refractivity contribution in [3.05, 3.63) is 29.6 Å². The van der Waals surface area contributed by atoms with Crippen molar-refractivity contribution in [2.24, 2.45) is 0 Å². The van der Waals surface area contributed by atoms with Gasteiger partial charge >= 0.3 is 5.97 Å². The summed E-state index contributed by atoms with van der Waals surface area (Å²) in [4.78, 5) is 10.8. The molecule has 1 rings (SSSR count). The molecule has 0 fully saturated rings. The van der Waals surface area contributed by atoms with Crippen molar-refractivity contribution in [2.45, 2.75) is 26.3 Å². The second kappa shape index (κ2) is 3.88. The zero-order valence-corrected chi connectivity index (χ0v) is 8.97. The number of carboxylic acid groups (broad SMARTS) is 1. The van der Waals surface area contributed by atoms with Gasteiger partial charge in [0.1, 0.15) is 11.4 Å². The van der Waals surface area contributed by atoms with Gasteiger partial charge in [-0.1, -0.05) is 6.07 Å². The third kappa shape index (κ3) is 2.68. The number of rotatable bonds is 3. The molecule has 0 spiro atoms. The predicted molar refractivity (Wildman–Crippen MR) is 56.5 cm³/mol. The topological polar surface area (TPSA) is 49.3 Å². The summed E-state index contributed by atoms with van der Waals surface area (Å²) in [5, 5.41) is 11.6. The molecule has 2 N–H and O–H groups in total. The Bertz CT molecular complexity index is 388. The maximum absolute atomic E-state index is 13.2. The number of carbonyl (C=O) groups is 1. The summed E-state index contributed by atoms with van der Waals surface area (Å²) in [5.41, 5.74) is -0.110. The lowest BCUT2D eigenvalue weighted by atomic mass is 10.1. The van der Waals surface area contributed by atoms with Crippen molar-refractivity contribution < 1.29 is 14.3 Å². The fourth-order valence-electron chi connectivity index (χ4n) is 1.08. The fraction of sp³-hybridized carbons (Fsp3) is 0.364. The Morgan fingerprint density at radius 1 is 1.47 bits per heavy atom. The highest BCUT2D eigenvalue weighted by Crippen LogP contribution is 2.18. The molecule has 0 saturated carbocycles. The molecule has 0 unspecified atom stereocenters. The molecule has 4 heteroatoms. The van der Waals surface area contributed by atoms with Crippen molar-refractivity contribution in [3.63, 3.8) is 0 Å². The third-order valence-corrected chi connectivity index (χ3v) is 2.16. The summed E-state index contributed by atoms with van der Waals surface area (Å²) in [6.07, 6.45) is 0. The second-order valence-corrected chi connectivity index (χ2v) is 4.02. The molecule has 3 nitrogen and oxygen atoms in total. The highest BCUT2D eigenvalue weighted by molar-refractivity contribution is 5.81. The van der Waals surface area contributed by atoms with Crippen LogP contribution in [-0.4, -0.2) is 16.6 Å². The molecule has 0 bridgehead atoms. The van der Waals surface area contributed by atoms with Gasteiger partial charge in [-0.3, -0.25) is 0 Å². The fourth-order valence-corrected chi connectivity index (χ4v) is 1.08. The molecule has 0 amide bonds. The van der Waals surface area contributed by atoms with Crippen LogP contribution in [0.5, 0.6) is 0 Å². The van der Waals surface area contributed by atoms with Crippen LogP contribution >= 0.6 is 0 Å². The predicted octanol–water partition coefficient (Wildman–Crippen LogP) is 2.41. The summed E-state index contributed by atoms with van der Waals surface area (Å²) >= 11 is 0. The Hall–Kier alpha value is -1.58. The summed E-state index contributed by atoms with van der Waals surface area (Å²) < 4.78 is 13.2. The van der Waals surface area contributed by atoms with Gasteiger partial charge in [0.15, 0.2) is 0 Å². The number of benzene rings is 1. The maximum Gasteiger partial charge on any atom is 0.328 e. The summed E-state index contributed by atoms with van der Waals surface area (Å²) in [6, 6.07) is 4.55. The molecule has 0 radical (unpaired) electrons. The van der Waals surface area contributed by atoms with E-state index in [4.69, 9.17) is 5.11 Å². The van der Waals surface area contributed by atoms with Gasteiger partial charge in [0, 0.05) is 5.69 Å². The van der Waals surface area contributed by atoms with E-state index in [1.165, 1.54) is 19.9 Å². The second-order valence-electron chi connectivity index (χ2n) is 4.02. The Morgan fingerprint density at radius 3 is 2.53 bits per heavy atom. The number of hydrogen-bond donors (Lipinski definition) is 2. The standard InChI is InChI=1S/C11H14FNO2/c1-7-4-5-8(6-9(7)12)13-11(2,3)10(14)15/h4-6,13H,1-3H3,(H,14,15). The minimum atomic E-state index is -1.11. The SMILES string of the molecule is Cc1ccc(NC(C)(C)C(=O)O)cc1F. The first-order valence-corrected chi connectivity index (χ1v) is 4.60. The monoisotopic (exact) mass is 211 g/mol. The van der Waals surface area contributed by atoms with Crippen molar-refractivity contribution in [2.75, 3.05) is 5.32 Å². The molecule has 15 heavy (non-hydrogen) atoms. The van der Waals surface area contributed by atoms with Gasteiger partial charge in [0.05, 0.1) is 0 Å². The van der Waals surface area contributed by atoms with Gasteiger partial charge in [-0.05, 0) is 38.5 Å². The van der Waals surface area contributed by atoms with E-state index in [1.54, 1.807) is 19.1 Å². The zero-order valence-electron chi connectivity index (χ0n) is 8.97. The first-order chi connectivity index (χ1) is 6.83. The Balaban J connectivity index is 2.91. The van der Waals surface area contributed by atoms with Gasteiger partial charge < -0.3 is 10.4 Å². The van der Waals surface area contributed by atoms with Gasteiger partial charge in [-0.2, -0.15) is 0 Å². The van der Waals surface area contributed by atoms with Crippen LogP contribution in [0.2, 0.25) is 0 Å². The van der Waals surface area contributed by atoms with E-state index >= 15 is 0 Å². The largest absolute Gasteiger partial charge is 0.480 e. The van der Waals surface area contributed by atoms with Crippen molar-refractivity contribution >= 4 is 11.7 Å². The van der Waals surface area contributed by atoms with Gasteiger partial charge in [-0.25, -0.2) is 9.18 Å². The number of aliphatic carboxylic acids is 1. The number of aryl methyl sites for hydroxylation is 1. The molecule has 82 valence electrons.